The van der Waals surface area contributed by atoms with Gasteiger partial charge in [0.25, 0.3) is 0 Å². The molecule has 1 amide bonds. The molecular formula is C36H41N3O5S. The van der Waals surface area contributed by atoms with Gasteiger partial charge in [-0.3, -0.25) is 9.59 Å². The number of hydrogen-bond acceptors (Lipinski definition) is 7. The van der Waals surface area contributed by atoms with Crippen LogP contribution in [0.1, 0.15) is 73.6 Å². The first-order valence-electron chi connectivity index (χ1n) is 15.0. The second-order valence-electron chi connectivity index (χ2n) is 13.3. The number of Topliss-reactive ketones (excluding diaryl/α,β-unsaturated/α-hetero) is 1. The third-order valence-corrected chi connectivity index (χ3v) is 9.20. The van der Waals surface area contributed by atoms with Crippen molar-refractivity contribution in [3.05, 3.63) is 93.9 Å². The highest BCUT2D eigenvalue weighted by Gasteiger charge is 2.28. The van der Waals surface area contributed by atoms with Crippen molar-refractivity contribution in [1.29, 1.82) is 0 Å². The maximum absolute atomic E-state index is 13.3. The number of aliphatic hydroxyl groups is 1. The zero-order valence-electron chi connectivity index (χ0n) is 26.6. The van der Waals surface area contributed by atoms with Crippen LogP contribution in [0.5, 0.6) is 0 Å². The number of carbonyl (C=O) groups is 3. The summed E-state index contributed by atoms with van der Waals surface area (Å²) < 4.78 is 0. The molecule has 0 saturated heterocycles. The molecule has 4 rings (SSSR count). The third-order valence-electron chi connectivity index (χ3n) is 7.65. The highest BCUT2D eigenvalue weighted by molar-refractivity contribution is 7.14. The van der Waals surface area contributed by atoms with Crippen molar-refractivity contribution in [3.63, 3.8) is 0 Å². The normalized spacial score (nSPS) is 13.2. The number of nitrogens with zero attached hydrogens (tertiary/aromatic N) is 2. The Morgan fingerprint density at radius 3 is 1.91 bits per heavy atom. The number of carboxylic acids is 1. The molecule has 0 saturated carbocycles. The number of carbonyl (C=O) groups excluding carboxylic acids is 2. The molecule has 2 atom stereocenters. The van der Waals surface area contributed by atoms with Crippen LogP contribution in [-0.4, -0.2) is 50.5 Å². The summed E-state index contributed by atoms with van der Waals surface area (Å²) in [4.78, 5) is 48.7. The molecule has 2 heterocycles. The van der Waals surface area contributed by atoms with Gasteiger partial charge in [-0.05, 0) is 46.1 Å². The van der Waals surface area contributed by atoms with E-state index in [1.807, 2.05) is 30.3 Å². The molecule has 0 spiro atoms. The number of aromatic nitrogens is 2. The Bertz CT molecular complexity index is 1630. The predicted molar refractivity (Wildman–Crippen MR) is 177 cm³/mol. The van der Waals surface area contributed by atoms with E-state index in [0.29, 0.717) is 10.7 Å². The minimum Gasteiger partial charge on any atom is -0.480 e. The van der Waals surface area contributed by atoms with Gasteiger partial charge < -0.3 is 15.5 Å². The summed E-state index contributed by atoms with van der Waals surface area (Å²) in [7, 11) is 0. The van der Waals surface area contributed by atoms with Crippen molar-refractivity contribution >= 4 is 29.0 Å². The molecule has 9 heteroatoms. The number of ketones is 1. The van der Waals surface area contributed by atoms with E-state index in [1.165, 1.54) is 16.9 Å². The number of carboxylic acid groups (broad SMARTS) is 1. The first-order valence-corrected chi connectivity index (χ1v) is 15.8. The van der Waals surface area contributed by atoms with Crippen LogP contribution >= 0.6 is 11.3 Å². The summed E-state index contributed by atoms with van der Waals surface area (Å²) in [6.07, 6.45) is 3.70. The number of rotatable bonds is 11. The molecule has 0 aliphatic heterocycles. The van der Waals surface area contributed by atoms with Crippen molar-refractivity contribution in [2.24, 2.45) is 5.92 Å². The van der Waals surface area contributed by atoms with E-state index in [0.717, 1.165) is 27.1 Å². The molecule has 45 heavy (non-hydrogen) atoms. The number of aliphatic hydroxyl groups excluding tert-OH is 1. The van der Waals surface area contributed by atoms with Gasteiger partial charge in [0, 0.05) is 40.7 Å². The lowest BCUT2D eigenvalue weighted by molar-refractivity contribution is -0.143. The van der Waals surface area contributed by atoms with Gasteiger partial charge in [0.15, 0.2) is 11.6 Å². The summed E-state index contributed by atoms with van der Waals surface area (Å²) in [6.45, 7) is 12.0. The van der Waals surface area contributed by atoms with Gasteiger partial charge in [-0.2, -0.15) is 0 Å². The van der Waals surface area contributed by atoms with Gasteiger partial charge in [0.05, 0.1) is 11.5 Å². The second kappa shape index (κ2) is 13.8. The second-order valence-corrected chi connectivity index (χ2v) is 14.4. The number of benzene rings is 2. The molecule has 3 N–H and O–H groups in total. The lowest BCUT2D eigenvalue weighted by atomic mass is 9.86. The van der Waals surface area contributed by atoms with Crippen LogP contribution in [-0.2, 0) is 26.8 Å². The van der Waals surface area contributed by atoms with Crippen molar-refractivity contribution in [3.8, 4) is 22.5 Å². The summed E-state index contributed by atoms with van der Waals surface area (Å²) in [5.74, 6) is -2.42. The number of hydrogen-bond donors (Lipinski definition) is 3. The van der Waals surface area contributed by atoms with E-state index in [4.69, 9.17) is 0 Å². The van der Waals surface area contributed by atoms with Gasteiger partial charge in [-0.15, -0.1) is 11.3 Å². The molecule has 236 valence electrons. The fourth-order valence-corrected chi connectivity index (χ4v) is 5.82. The first-order chi connectivity index (χ1) is 21.2. The number of thiophene rings is 1. The van der Waals surface area contributed by atoms with Crippen LogP contribution in [0, 0.1) is 5.92 Å². The Morgan fingerprint density at radius 2 is 1.40 bits per heavy atom. The smallest absolute Gasteiger partial charge is 0.328 e. The van der Waals surface area contributed by atoms with E-state index in [2.05, 4.69) is 81.1 Å². The van der Waals surface area contributed by atoms with Crippen LogP contribution in [0.3, 0.4) is 0 Å². The van der Waals surface area contributed by atoms with Gasteiger partial charge >= 0.3 is 5.97 Å². The van der Waals surface area contributed by atoms with Crippen LogP contribution in [0.25, 0.3) is 22.5 Å². The lowest BCUT2D eigenvalue weighted by Gasteiger charge is -2.19. The predicted octanol–water partition coefficient (Wildman–Crippen LogP) is 6.46. The highest BCUT2D eigenvalue weighted by Crippen LogP contribution is 2.31. The third kappa shape index (κ3) is 8.71. The van der Waals surface area contributed by atoms with Crippen LogP contribution < -0.4 is 5.32 Å². The Morgan fingerprint density at radius 1 is 0.800 bits per heavy atom. The molecule has 0 bridgehead atoms. The van der Waals surface area contributed by atoms with Crippen LogP contribution in [0.2, 0.25) is 0 Å². The molecule has 4 aromatic rings. The van der Waals surface area contributed by atoms with Gasteiger partial charge in [-0.1, -0.05) is 90.1 Å². The summed E-state index contributed by atoms with van der Waals surface area (Å²) in [5.41, 5.74) is 4.75. The molecule has 2 aromatic carbocycles. The fraction of sp³-hybridized carbons (Fsp3) is 0.361. The van der Waals surface area contributed by atoms with Gasteiger partial charge in [0.1, 0.15) is 6.04 Å². The lowest BCUT2D eigenvalue weighted by Crippen LogP contribution is -2.46. The fourth-order valence-electron chi connectivity index (χ4n) is 4.81. The van der Waals surface area contributed by atoms with Crippen LogP contribution in [0.4, 0.5) is 0 Å². The van der Waals surface area contributed by atoms with Crippen molar-refractivity contribution in [1.82, 2.24) is 15.3 Å². The first kappa shape index (κ1) is 33.7. The standard InChI is InChI=1S/C36H41N3O5S/c1-35(2,3)27-13-11-23(12-14-27)26-19-37-32(38-20-26)24-9-7-22(8-10-24)17-25(33(42)39-28(21-40)34(43)44)18-29(41)30-15-16-31(45-30)36(4,5)6/h7-16,19-20,25,28,40H,17-18,21H2,1-6H3,(H,39,42)(H,43,44)/t25-,28+/m1/s1. The topological polar surface area (TPSA) is 129 Å². The Balaban J connectivity index is 1.50. The van der Waals surface area contributed by atoms with Gasteiger partial charge in [0.2, 0.25) is 5.91 Å². The number of aliphatic carboxylic acids is 1. The van der Waals surface area contributed by atoms with Crippen molar-refractivity contribution < 1.29 is 24.6 Å². The molecule has 0 radical (unpaired) electrons. The average molecular weight is 628 g/mol. The largest absolute Gasteiger partial charge is 0.480 e. The Kier molecular flexibility index (Phi) is 10.4. The van der Waals surface area contributed by atoms with Crippen LogP contribution in [0.15, 0.2) is 73.1 Å². The SMILES string of the molecule is CC(C)(C)c1ccc(-c2cnc(-c3ccc(C[C@H](CC(=O)c4ccc(C(C)(C)C)s4)C(=O)N[C@@H](CO)C(=O)O)cc3)nc2)cc1. The van der Waals surface area contributed by atoms with E-state index in [-0.39, 0.29) is 29.5 Å². The maximum Gasteiger partial charge on any atom is 0.328 e. The van der Waals surface area contributed by atoms with E-state index < -0.39 is 30.4 Å². The summed E-state index contributed by atoms with van der Waals surface area (Å²) >= 11 is 1.40. The molecule has 8 nitrogen and oxygen atoms in total. The summed E-state index contributed by atoms with van der Waals surface area (Å²) in [5, 5.41) is 21.2. The van der Waals surface area contributed by atoms with E-state index >= 15 is 0 Å². The monoisotopic (exact) mass is 627 g/mol. The van der Waals surface area contributed by atoms with Crippen molar-refractivity contribution in [2.75, 3.05) is 6.61 Å². The Hall–Kier alpha value is -4.21. The maximum atomic E-state index is 13.3. The zero-order valence-corrected chi connectivity index (χ0v) is 27.4. The highest BCUT2D eigenvalue weighted by atomic mass is 32.1. The minimum absolute atomic E-state index is 0.0744. The molecule has 0 aliphatic carbocycles. The quantitative estimate of drug-likeness (QED) is 0.163. The average Bonchev–Trinajstić information content (AvgIpc) is 3.51. The van der Waals surface area contributed by atoms with E-state index in [9.17, 15) is 24.6 Å². The van der Waals surface area contributed by atoms with Gasteiger partial charge in [-0.25, -0.2) is 14.8 Å². The molecule has 0 aliphatic rings. The minimum atomic E-state index is -1.46. The molecule has 0 unspecified atom stereocenters. The van der Waals surface area contributed by atoms with E-state index in [1.54, 1.807) is 18.5 Å². The molecule has 2 aromatic heterocycles. The number of nitrogens with one attached hydrogen (secondary N) is 1. The zero-order chi connectivity index (χ0) is 32.9. The summed E-state index contributed by atoms with van der Waals surface area (Å²) in [6, 6.07) is 18.1. The number of amides is 1. The van der Waals surface area contributed by atoms with Crippen molar-refractivity contribution in [2.45, 2.75) is 71.3 Å². The molecular weight excluding hydrogens is 586 g/mol. The molecule has 0 fully saturated rings. The Labute approximate surface area is 268 Å².